The Bertz CT molecular complexity index is 667. The normalized spacial score (nSPS) is 12.4. The van der Waals surface area contributed by atoms with Gasteiger partial charge in [0, 0.05) is 6.42 Å². The highest BCUT2D eigenvalue weighted by Gasteiger charge is 2.27. The molecule has 27 heavy (non-hydrogen) atoms. The molecule has 2 unspecified atom stereocenters. The number of carbonyl (C=O) groups is 3. The molecule has 0 saturated heterocycles. The second kappa shape index (κ2) is 11.6. The first-order chi connectivity index (χ1) is 12.9. The van der Waals surface area contributed by atoms with E-state index in [1.54, 1.807) is 0 Å². The van der Waals surface area contributed by atoms with Crippen molar-refractivity contribution in [1.82, 2.24) is 10.6 Å². The van der Waals surface area contributed by atoms with Crippen LogP contribution in [-0.4, -0.2) is 37.2 Å². The Morgan fingerprint density at radius 2 is 1.78 bits per heavy atom. The number of alkyl carbamates (subject to hydrolysis) is 1. The molecule has 0 aliphatic carbocycles. The number of hydrogen-bond donors (Lipinski definition) is 2. The monoisotopic (exact) mass is 374 g/mol. The van der Waals surface area contributed by atoms with E-state index in [1.165, 1.54) is 7.11 Å². The summed E-state index contributed by atoms with van der Waals surface area (Å²) < 4.78 is 9.82. The molecule has 0 aromatic heterocycles. The number of methoxy groups -OCH3 is 1. The first-order valence-electron chi connectivity index (χ1n) is 8.66. The van der Waals surface area contributed by atoms with Crippen LogP contribution < -0.4 is 10.6 Å². The summed E-state index contributed by atoms with van der Waals surface area (Å²) in [4.78, 5) is 36.3. The molecule has 1 aromatic carbocycles. The van der Waals surface area contributed by atoms with Gasteiger partial charge in [-0.2, -0.15) is 0 Å². The van der Waals surface area contributed by atoms with E-state index in [2.05, 4.69) is 16.6 Å². The van der Waals surface area contributed by atoms with Crippen molar-refractivity contribution in [2.45, 2.75) is 45.4 Å². The molecule has 1 rings (SSSR count). The summed E-state index contributed by atoms with van der Waals surface area (Å²) in [5, 5.41) is 5.02. The molecule has 0 aliphatic heterocycles. The molecule has 0 spiro atoms. The van der Waals surface area contributed by atoms with E-state index >= 15 is 0 Å². The average molecular weight is 374 g/mol. The van der Waals surface area contributed by atoms with Crippen LogP contribution in [0, 0.1) is 18.3 Å². The van der Waals surface area contributed by atoms with E-state index in [1.807, 2.05) is 44.2 Å². The third kappa shape index (κ3) is 8.27. The molecule has 2 N–H and O–H groups in total. The molecule has 0 heterocycles. The van der Waals surface area contributed by atoms with Crippen LogP contribution in [0.2, 0.25) is 0 Å². The van der Waals surface area contributed by atoms with Gasteiger partial charge in [0.15, 0.2) is 0 Å². The molecule has 2 atom stereocenters. The number of carbonyl (C=O) groups excluding carboxylic acids is 3. The lowest BCUT2D eigenvalue weighted by Crippen LogP contribution is -2.52. The molecule has 146 valence electrons. The Labute approximate surface area is 159 Å². The van der Waals surface area contributed by atoms with Gasteiger partial charge in [-0.1, -0.05) is 44.2 Å². The van der Waals surface area contributed by atoms with Crippen molar-refractivity contribution in [2.24, 2.45) is 5.92 Å². The van der Waals surface area contributed by atoms with Crippen LogP contribution in [0.4, 0.5) is 4.79 Å². The number of nitrogens with one attached hydrogen (secondary N) is 2. The maximum atomic E-state index is 12.5. The zero-order valence-corrected chi connectivity index (χ0v) is 15.9. The number of esters is 1. The highest BCUT2D eigenvalue weighted by molar-refractivity contribution is 5.89. The highest BCUT2D eigenvalue weighted by Crippen LogP contribution is 2.07. The summed E-state index contributed by atoms with van der Waals surface area (Å²) >= 11 is 0. The second-order valence-electron chi connectivity index (χ2n) is 6.38. The quantitative estimate of drug-likeness (QED) is 0.509. The van der Waals surface area contributed by atoms with Crippen LogP contribution >= 0.6 is 0 Å². The summed E-state index contributed by atoms with van der Waals surface area (Å²) in [6, 6.07) is 7.30. The van der Waals surface area contributed by atoms with Gasteiger partial charge in [-0.3, -0.25) is 4.79 Å². The van der Waals surface area contributed by atoms with Gasteiger partial charge in [-0.05, 0) is 17.9 Å². The Kier molecular flexibility index (Phi) is 9.45. The molecule has 0 saturated carbocycles. The number of amides is 2. The van der Waals surface area contributed by atoms with Crippen molar-refractivity contribution in [1.29, 1.82) is 0 Å². The zero-order valence-electron chi connectivity index (χ0n) is 15.9. The lowest BCUT2D eigenvalue weighted by atomic mass is 10.0. The molecule has 1 aromatic rings. The predicted molar refractivity (Wildman–Crippen MR) is 100 cm³/mol. The second-order valence-corrected chi connectivity index (χ2v) is 6.38. The summed E-state index contributed by atoms with van der Waals surface area (Å²) in [5.74, 6) is 1.37. The van der Waals surface area contributed by atoms with E-state index in [9.17, 15) is 14.4 Å². The molecule has 0 bridgehead atoms. The minimum Gasteiger partial charge on any atom is -0.467 e. The van der Waals surface area contributed by atoms with Gasteiger partial charge in [-0.25, -0.2) is 9.59 Å². The van der Waals surface area contributed by atoms with E-state index < -0.39 is 30.1 Å². The van der Waals surface area contributed by atoms with Gasteiger partial charge in [0.25, 0.3) is 0 Å². The van der Waals surface area contributed by atoms with Crippen LogP contribution in [0.1, 0.15) is 32.3 Å². The smallest absolute Gasteiger partial charge is 0.408 e. The predicted octanol–water partition coefficient (Wildman–Crippen LogP) is 2.01. The Morgan fingerprint density at radius 3 is 2.33 bits per heavy atom. The third-order valence-electron chi connectivity index (χ3n) is 3.65. The lowest BCUT2D eigenvalue weighted by molar-refractivity contribution is -0.145. The molecule has 0 fully saturated rings. The van der Waals surface area contributed by atoms with Crippen LogP contribution in [0.25, 0.3) is 0 Å². The van der Waals surface area contributed by atoms with Gasteiger partial charge < -0.3 is 20.1 Å². The Balaban J connectivity index is 2.66. The molecular weight excluding hydrogens is 348 g/mol. The molecule has 0 aliphatic rings. The summed E-state index contributed by atoms with van der Waals surface area (Å²) in [5.41, 5.74) is 0.813. The van der Waals surface area contributed by atoms with E-state index in [-0.39, 0.29) is 18.9 Å². The van der Waals surface area contributed by atoms with Crippen molar-refractivity contribution in [3.05, 3.63) is 35.9 Å². The SMILES string of the molecule is C#CCC(NC(=O)OCc1ccccc1)C(=O)NC(CC(C)C)C(=O)OC. The van der Waals surface area contributed by atoms with E-state index in [4.69, 9.17) is 15.9 Å². The average Bonchev–Trinajstić information content (AvgIpc) is 2.65. The number of benzene rings is 1. The van der Waals surface area contributed by atoms with Gasteiger partial charge in [-0.15, -0.1) is 12.3 Å². The van der Waals surface area contributed by atoms with E-state index in [0.29, 0.717) is 6.42 Å². The van der Waals surface area contributed by atoms with Gasteiger partial charge in [0.05, 0.1) is 7.11 Å². The fraction of sp³-hybridized carbons (Fsp3) is 0.450. The van der Waals surface area contributed by atoms with E-state index in [0.717, 1.165) is 5.56 Å². The first-order valence-corrected chi connectivity index (χ1v) is 8.66. The van der Waals surface area contributed by atoms with Gasteiger partial charge in [0.1, 0.15) is 18.7 Å². The third-order valence-corrected chi connectivity index (χ3v) is 3.65. The minimum absolute atomic E-state index is 0.0398. The lowest BCUT2D eigenvalue weighted by Gasteiger charge is -2.22. The van der Waals surface area contributed by atoms with Crippen molar-refractivity contribution in [3.63, 3.8) is 0 Å². The maximum absolute atomic E-state index is 12.5. The summed E-state index contributed by atoms with van der Waals surface area (Å²) in [6.45, 7) is 3.90. The standard InChI is InChI=1S/C20H26N2O5/c1-5-9-16(18(23)21-17(12-14(2)3)19(24)26-4)22-20(25)27-13-15-10-7-6-8-11-15/h1,6-8,10-11,14,16-17H,9,12-13H2,2-4H3,(H,21,23)(H,22,25). The first kappa shape index (κ1) is 22.0. The van der Waals surface area contributed by atoms with Gasteiger partial charge >= 0.3 is 12.1 Å². The molecule has 2 amide bonds. The Hall–Kier alpha value is -3.01. The van der Waals surface area contributed by atoms with Crippen molar-refractivity contribution < 1.29 is 23.9 Å². The van der Waals surface area contributed by atoms with Crippen LogP contribution in [0.15, 0.2) is 30.3 Å². The minimum atomic E-state index is -1.02. The highest BCUT2D eigenvalue weighted by atomic mass is 16.5. The fourth-order valence-corrected chi connectivity index (χ4v) is 2.33. The number of ether oxygens (including phenoxy) is 2. The van der Waals surface area contributed by atoms with Crippen molar-refractivity contribution in [2.75, 3.05) is 7.11 Å². The maximum Gasteiger partial charge on any atom is 0.408 e. The largest absolute Gasteiger partial charge is 0.467 e. The van der Waals surface area contributed by atoms with Gasteiger partial charge in [0.2, 0.25) is 5.91 Å². The number of hydrogen-bond acceptors (Lipinski definition) is 5. The van der Waals surface area contributed by atoms with Crippen molar-refractivity contribution >= 4 is 18.0 Å². The summed E-state index contributed by atoms with van der Waals surface area (Å²) in [7, 11) is 1.25. The molecule has 7 heteroatoms. The topological polar surface area (TPSA) is 93.7 Å². The molecule has 0 radical (unpaired) electrons. The van der Waals surface area contributed by atoms with Crippen LogP contribution in [-0.2, 0) is 25.7 Å². The van der Waals surface area contributed by atoms with Crippen LogP contribution in [0.5, 0.6) is 0 Å². The number of rotatable bonds is 9. The number of terminal acetylenes is 1. The molecule has 7 nitrogen and oxygen atoms in total. The fourth-order valence-electron chi connectivity index (χ4n) is 2.33. The van der Waals surface area contributed by atoms with Crippen LogP contribution in [0.3, 0.4) is 0 Å². The molecular formula is C20H26N2O5. The summed E-state index contributed by atoms with van der Waals surface area (Å²) in [6.07, 6.45) is 4.88. The zero-order chi connectivity index (χ0) is 20.2. The Morgan fingerprint density at radius 1 is 1.11 bits per heavy atom. The van der Waals surface area contributed by atoms with Crippen molar-refractivity contribution in [3.8, 4) is 12.3 Å².